The minimum Gasteiger partial charge on any atom is -0.445 e. The number of nitrogens with zero attached hydrogens (tertiary/aromatic N) is 2. The molecule has 3 aromatic rings. The van der Waals surface area contributed by atoms with Crippen molar-refractivity contribution in [2.24, 2.45) is 0 Å². The lowest BCUT2D eigenvalue weighted by molar-refractivity contribution is 0.131. The van der Waals surface area contributed by atoms with E-state index in [0.29, 0.717) is 6.04 Å². The highest BCUT2D eigenvalue weighted by atomic mass is 16.5. The molecule has 7 heteroatoms. The number of hydrogen-bond acceptors (Lipinski definition) is 5. The summed E-state index contributed by atoms with van der Waals surface area (Å²) in [5.74, 6) is 0. The molecule has 1 amide bonds. The molecular formula is C25H33N5O2. The highest BCUT2D eigenvalue weighted by Crippen LogP contribution is 2.21. The molecule has 2 aromatic carbocycles. The molecule has 1 unspecified atom stereocenters. The lowest BCUT2D eigenvalue weighted by atomic mass is 10.0. The van der Waals surface area contributed by atoms with E-state index in [-0.39, 0.29) is 18.2 Å². The fraction of sp³-hybridized carbons (Fsp3) is 0.440. The second-order valence-electron chi connectivity index (χ2n) is 9.66. The molecule has 3 N–H and O–H groups in total. The van der Waals surface area contributed by atoms with Crippen LogP contribution in [-0.2, 0) is 17.9 Å². The minimum atomic E-state index is -0.388. The van der Waals surface area contributed by atoms with Crippen molar-refractivity contribution in [3.8, 4) is 0 Å². The Bertz CT molecular complexity index is 1060. The average Bonchev–Trinajstić information content (AvgIpc) is 3.20. The zero-order chi connectivity index (χ0) is 22.6. The van der Waals surface area contributed by atoms with E-state index in [9.17, 15) is 4.79 Å². The van der Waals surface area contributed by atoms with Crippen LogP contribution in [0.25, 0.3) is 10.9 Å². The number of carbonyl (C=O) groups excluding carboxylic acids is 1. The van der Waals surface area contributed by atoms with Gasteiger partial charge in [-0.3, -0.25) is 10.00 Å². The first-order chi connectivity index (χ1) is 15.3. The Morgan fingerprint density at radius 2 is 2.06 bits per heavy atom. The summed E-state index contributed by atoms with van der Waals surface area (Å²) in [5.41, 5.74) is 4.13. The van der Waals surface area contributed by atoms with Crippen LogP contribution in [0.2, 0.25) is 0 Å². The number of carbonyl (C=O) groups is 1. The number of benzene rings is 2. The summed E-state index contributed by atoms with van der Waals surface area (Å²) in [4.78, 5) is 14.4. The number of ether oxygens (including phenoxy) is 1. The molecule has 170 valence electrons. The van der Waals surface area contributed by atoms with Gasteiger partial charge in [0.25, 0.3) is 0 Å². The van der Waals surface area contributed by atoms with Gasteiger partial charge in [0.15, 0.2) is 0 Å². The van der Waals surface area contributed by atoms with Crippen molar-refractivity contribution in [3.63, 3.8) is 0 Å². The number of hydrogen-bond donors (Lipinski definition) is 3. The number of aromatic amines is 1. The molecule has 1 aliphatic rings. The lowest BCUT2D eigenvalue weighted by Gasteiger charge is -2.33. The zero-order valence-electron chi connectivity index (χ0n) is 19.1. The Morgan fingerprint density at radius 1 is 1.22 bits per heavy atom. The van der Waals surface area contributed by atoms with Crippen LogP contribution in [0.15, 0.2) is 48.7 Å². The van der Waals surface area contributed by atoms with Crippen LogP contribution >= 0.6 is 0 Å². The number of alkyl carbamates (subject to hydrolysis) is 1. The Balaban J connectivity index is 1.30. The summed E-state index contributed by atoms with van der Waals surface area (Å²) in [6.07, 6.45) is 3.80. The topological polar surface area (TPSA) is 82.3 Å². The predicted octanol–water partition coefficient (Wildman–Crippen LogP) is 4.66. The number of fused-ring (bicyclic) bond motifs is 1. The van der Waals surface area contributed by atoms with Crippen molar-refractivity contribution in [1.29, 1.82) is 0 Å². The summed E-state index contributed by atoms with van der Waals surface area (Å²) in [6, 6.07) is 15.1. The molecule has 0 radical (unpaired) electrons. The summed E-state index contributed by atoms with van der Waals surface area (Å²) < 4.78 is 5.38. The number of anilines is 1. The molecule has 1 saturated heterocycles. The van der Waals surface area contributed by atoms with Crippen molar-refractivity contribution in [2.45, 2.75) is 58.3 Å². The molecule has 4 rings (SSSR count). The van der Waals surface area contributed by atoms with E-state index < -0.39 is 0 Å². The van der Waals surface area contributed by atoms with Crippen LogP contribution in [0.5, 0.6) is 0 Å². The van der Waals surface area contributed by atoms with Crippen LogP contribution in [0, 0.1) is 0 Å². The van der Waals surface area contributed by atoms with Gasteiger partial charge in [0.2, 0.25) is 0 Å². The average molecular weight is 436 g/mol. The summed E-state index contributed by atoms with van der Waals surface area (Å²) in [7, 11) is 0. The van der Waals surface area contributed by atoms with Gasteiger partial charge in [-0.2, -0.15) is 5.10 Å². The molecule has 0 bridgehead atoms. The predicted molar refractivity (Wildman–Crippen MR) is 128 cm³/mol. The third kappa shape index (κ3) is 6.23. The molecule has 0 aliphatic carbocycles. The van der Waals surface area contributed by atoms with E-state index in [0.717, 1.165) is 48.2 Å². The summed E-state index contributed by atoms with van der Waals surface area (Å²) in [5, 5.41) is 14.7. The Morgan fingerprint density at radius 3 is 2.91 bits per heavy atom. The largest absolute Gasteiger partial charge is 0.445 e. The van der Waals surface area contributed by atoms with Gasteiger partial charge < -0.3 is 15.4 Å². The molecule has 32 heavy (non-hydrogen) atoms. The van der Waals surface area contributed by atoms with E-state index in [2.05, 4.69) is 56.1 Å². The van der Waals surface area contributed by atoms with E-state index in [1.807, 2.05) is 39.1 Å². The fourth-order valence-electron chi connectivity index (χ4n) is 4.15. The maximum absolute atomic E-state index is 11.9. The molecule has 1 atom stereocenters. The second kappa shape index (κ2) is 9.61. The summed E-state index contributed by atoms with van der Waals surface area (Å²) in [6.45, 7) is 9.06. The van der Waals surface area contributed by atoms with Gasteiger partial charge in [-0.1, -0.05) is 24.3 Å². The van der Waals surface area contributed by atoms with Crippen LogP contribution in [-0.4, -0.2) is 45.9 Å². The number of likely N-dealkylation sites (tertiary alicyclic amines) is 1. The van der Waals surface area contributed by atoms with Crippen molar-refractivity contribution < 1.29 is 9.53 Å². The van der Waals surface area contributed by atoms with Crippen molar-refractivity contribution in [2.75, 3.05) is 18.4 Å². The molecule has 2 heterocycles. The van der Waals surface area contributed by atoms with Crippen LogP contribution in [0.3, 0.4) is 0 Å². The first-order valence-corrected chi connectivity index (χ1v) is 11.3. The summed E-state index contributed by atoms with van der Waals surface area (Å²) >= 11 is 0. The first kappa shape index (κ1) is 22.1. The highest BCUT2D eigenvalue weighted by molar-refractivity contribution is 5.81. The molecule has 0 spiro atoms. The molecule has 0 saturated carbocycles. The SMILES string of the molecule is CC(C)(C)NC(=O)OCc1cccc(CN2CCCC(Nc3ccc4[nH]ncc4c3)C2)c1. The Hall–Kier alpha value is -3.06. The monoisotopic (exact) mass is 435 g/mol. The zero-order valence-corrected chi connectivity index (χ0v) is 19.1. The van der Waals surface area contributed by atoms with Crippen molar-refractivity contribution >= 4 is 22.7 Å². The fourth-order valence-corrected chi connectivity index (χ4v) is 4.15. The van der Waals surface area contributed by atoms with Crippen LogP contribution in [0.4, 0.5) is 10.5 Å². The van der Waals surface area contributed by atoms with Gasteiger partial charge in [0, 0.05) is 35.7 Å². The number of H-pyrrole nitrogens is 1. The molecule has 1 aromatic heterocycles. The number of aromatic nitrogens is 2. The van der Waals surface area contributed by atoms with E-state index >= 15 is 0 Å². The van der Waals surface area contributed by atoms with E-state index in [1.165, 1.54) is 12.0 Å². The van der Waals surface area contributed by atoms with Gasteiger partial charge in [0.1, 0.15) is 6.61 Å². The number of piperidine rings is 1. The first-order valence-electron chi connectivity index (χ1n) is 11.3. The molecular weight excluding hydrogens is 402 g/mol. The minimum absolute atomic E-state index is 0.274. The van der Waals surface area contributed by atoms with Crippen molar-refractivity contribution in [3.05, 3.63) is 59.8 Å². The number of rotatable bonds is 6. The quantitative estimate of drug-likeness (QED) is 0.524. The van der Waals surface area contributed by atoms with Gasteiger partial charge in [-0.15, -0.1) is 0 Å². The smallest absolute Gasteiger partial charge is 0.407 e. The molecule has 1 aliphatic heterocycles. The number of amides is 1. The highest BCUT2D eigenvalue weighted by Gasteiger charge is 2.20. The lowest BCUT2D eigenvalue weighted by Crippen LogP contribution is -2.41. The van der Waals surface area contributed by atoms with Crippen LogP contribution < -0.4 is 10.6 Å². The third-order valence-electron chi connectivity index (χ3n) is 5.56. The van der Waals surface area contributed by atoms with Crippen molar-refractivity contribution in [1.82, 2.24) is 20.4 Å². The third-order valence-corrected chi connectivity index (χ3v) is 5.56. The second-order valence-corrected chi connectivity index (χ2v) is 9.66. The molecule has 1 fully saturated rings. The normalized spacial score (nSPS) is 17.3. The molecule has 7 nitrogen and oxygen atoms in total. The van der Waals surface area contributed by atoms with Crippen LogP contribution in [0.1, 0.15) is 44.7 Å². The maximum atomic E-state index is 11.9. The van der Waals surface area contributed by atoms with Gasteiger partial charge in [0.05, 0.1) is 11.7 Å². The van der Waals surface area contributed by atoms with Gasteiger partial charge in [-0.25, -0.2) is 4.79 Å². The number of nitrogens with one attached hydrogen (secondary N) is 3. The van der Waals surface area contributed by atoms with Gasteiger partial charge in [-0.05, 0) is 69.5 Å². The standard InChI is InChI=1S/C25H33N5O2/c1-25(2,3)28-24(31)32-17-19-7-4-6-18(12-19)15-30-11-5-8-22(16-30)27-21-9-10-23-20(13-21)14-26-29-23/h4,6-7,9-10,12-14,22,27H,5,8,11,15-17H2,1-3H3,(H,26,29)(H,28,31). The Labute approximate surface area is 189 Å². The Kier molecular flexibility index (Phi) is 6.65. The van der Waals surface area contributed by atoms with E-state index in [4.69, 9.17) is 4.74 Å². The van der Waals surface area contributed by atoms with E-state index in [1.54, 1.807) is 0 Å². The van der Waals surface area contributed by atoms with Gasteiger partial charge >= 0.3 is 6.09 Å². The maximum Gasteiger partial charge on any atom is 0.407 e.